The highest BCUT2D eigenvalue weighted by Gasteiger charge is 2.31. The van der Waals surface area contributed by atoms with Gasteiger partial charge in [0.2, 0.25) is 11.5 Å². The lowest BCUT2D eigenvalue weighted by Gasteiger charge is -2.09. The highest BCUT2D eigenvalue weighted by molar-refractivity contribution is 6.15. The Morgan fingerprint density at radius 1 is 0.969 bits per heavy atom. The number of hydrogen-bond acceptors (Lipinski definition) is 6. The van der Waals surface area contributed by atoms with Crippen molar-refractivity contribution in [3.63, 3.8) is 0 Å². The van der Waals surface area contributed by atoms with Crippen molar-refractivity contribution in [1.82, 2.24) is 0 Å². The number of furan rings is 1. The zero-order valence-corrected chi connectivity index (χ0v) is 17.4. The molecule has 0 atom stereocenters. The number of allylic oxidation sites excluding steroid dienone is 1. The van der Waals surface area contributed by atoms with Gasteiger partial charge in [-0.05, 0) is 43.3 Å². The van der Waals surface area contributed by atoms with Gasteiger partial charge in [-0.3, -0.25) is 4.79 Å². The van der Waals surface area contributed by atoms with Gasteiger partial charge in [0.25, 0.3) is 0 Å². The fourth-order valence-corrected chi connectivity index (χ4v) is 3.64. The molecule has 6 heteroatoms. The maximum absolute atomic E-state index is 12.9. The van der Waals surface area contributed by atoms with E-state index in [0.29, 0.717) is 34.0 Å². The summed E-state index contributed by atoms with van der Waals surface area (Å²) in [6, 6.07) is 19.5. The largest absolute Gasteiger partial charge is 0.496 e. The summed E-state index contributed by atoms with van der Waals surface area (Å²) < 4.78 is 22.3. The topological polar surface area (TPSA) is 75.0 Å². The molecular weight excluding hydrogens is 408 g/mol. The van der Waals surface area contributed by atoms with Gasteiger partial charge >= 0.3 is 5.97 Å². The fraction of sp³-hybridized carbons (Fsp3) is 0.0769. The molecule has 5 rings (SSSR count). The molecule has 0 amide bonds. The summed E-state index contributed by atoms with van der Waals surface area (Å²) in [5, 5.41) is 0.810. The van der Waals surface area contributed by atoms with Gasteiger partial charge in [-0.25, -0.2) is 4.79 Å². The molecule has 158 valence electrons. The van der Waals surface area contributed by atoms with Crippen LogP contribution in [0.5, 0.6) is 17.2 Å². The number of carbonyl (C=O) groups excluding carboxylic acids is 2. The molecule has 4 aromatic rings. The van der Waals surface area contributed by atoms with Crippen molar-refractivity contribution < 1.29 is 28.2 Å². The van der Waals surface area contributed by atoms with E-state index < -0.39 is 5.97 Å². The van der Waals surface area contributed by atoms with Crippen molar-refractivity contribution in [2.24, 2.45) is 0 Å². The number of para-hydroxylation sites is 2. The lowest BCUT2D eigenvalue weighted by molar-refractivity contribution is 0.0702. The Hall–Kier alpha value is -4.32. The van der Waals surface area contributed by atoms with Crippen LogP contribution in [0.25, 0.3) is 17.0 Å². The highest BCUT2D eigenvalue weighted by Crippen LogP contribution is 2.40. The Bertz CT molecular complexity index is 1380. The van der Waals surface area contributed by atoms with Gasteiger partial charge in [0.1, 0.15) is 22.8 Å². The number of Topliss-reactive ketones (excluding diaryl/α,β-unsaturated/α-hetero) is 1. The van der Waals surface area contributed by atoms with Crippen molar-refractivity contribution in [3.8, 4) is 17.2 Å². The predicted octanol–water partition coefficient (Wildman–Crippen LogP) is 5.59. The Kier molecular flexibility index (Phi) is 4.75. The van der Waals surface area contributed by atoms with E-state index in [1.807, 2.05) is 36.4 Å². The third kappa shape index (κ3) is 3.32. The Balaban J connectivity index is 1.43. The molecule has 1 aliphatic rings. The first kappa shape index (κ1) is 19.6. The van der Waals surface area contributed by atoms with Gasteiger partial charge in [0.15, 0.2) is 5.76 Å². The summed E-state index contributed by atoms with van der Waals surface area (Å²) in [6.45, 7) is 1.74. The number of methoxy groups -OCH3 is 1. The molecule has 0 aliphatic carbocycles. The maximum Gasteiger partial charge on any atom is 0.379 e. The van der Waals surface area contributed by atoms with Crippen molar-refractivity contribution in [2.45, 2.75) is 6.92 Å². The zero-order chi connectivity index (χ0) is 22.2. The molecule has 1 aromatic heterocycles. The fourth-order valence-electron chi connectivity index (χ4n) is 3.64. The Morgan fingerprint density at radius 3 is 2.56 bits per heavy atom. The van der Waals surface area contributed by atoms with E-state index >= 15 is 0 Å². The van der Waals surface area contributed by atoms with Crippen molar-refractivity contribution in [1.29, 1.82) is 0 Å². The van der Waals surface area contributed by atoms with Crippen LogP contribution in [0.4, 0.5) is 0 Å². The number of hydrogen-bond donors (Lipinski definition) is 0. The second kappa shape index (κ2) is 7.74. The van der Waals surface area contributed by atoms with Crippen molar-refractivity contribution >= 4 is 28.8 Å². The number of rotatable bonds is 4. The van der Waals surface area contributed by atoms with Gasteiger partial charge in [0.05, 0.1) is 12.7 Å². The van der Waals surface area contributed by atoms with Gasteiger partial charge in [-0.15, -0.1) is 0 Å². The second-order valence-corrected chi connectivity index (χ2v) is 7.29. The summed E-state index contributed by atoms with van der Waals surface area (Å²) in [7, 11) is 1.57. The van der Waals surface area contributed by atoms with E-state index in [1.165, 1.54) is 0 Å². The third-order valence-corrected chi connectivity index (χ3v) is 5.29. The SMILES string of the molecule is COc1ccccc1/C=C1\Oc2c(ccc(OC(=O)c3cc4ccccc4o3)c2C)C1=O. The minimum Gasteiger partial charge on any atom is -0.496 e. The number of ketones is 1. The molecule has 0 fully saturated rings. The van der Waals surface area contributed by atoms with E-state index in [4.69, 9.17) is 18.6 Å². The van der Waals surface area contributed by atoms with Gasteiger partial charge < -0.3 is 18.6 Å². The van der Waals surface area contributed by atoms with Gasteiger partial charge in [-0.1, -0.05) is 36.4 Å². The molecule has 32 heavy (non-hydrogen) atoms. The molecule has 1 aliphatic heterocycles. The Labute approximate surface area is 183 Å². The number of esters is 1. The first-order chi connectivity index (χ1) is 15.5. The van der Waals surface area contributed by atoms with E-state index in [0.717, 1.165) is 10.9 Å². The summed E-state index contributed by atoms with van der Waals surface area (Å²) in [4.78, 5) is 25.5. The van der Waals surface area contributed by atoms with Gasteiger partial charge in [0, 0.05) is 16.5 Å². The highest BCUT2D eigenvalue weighted by atomic mass is 16.5. The first-order valence-electron chi connectivity index (χ1n) is 9.97. The molecule has 6 nitrogen and oxygen atoms in total. The summed E-state index contributed by atoms with van der Waals surface area (Å²) in [5.74, 6) is 0.687. The number of carbonyl (C=O) groups is 2. The van der Waals surface area contributed by atoms with Crippen LogP contribution in [0, 0.1) is 6.92 Å². The van der Waals surface area contributed by atoms with Crippen LogP contribution in [0.2, 0.25) is 0 Å². The van der Waals surface area contributed by atoms with Crippen LogP contribution >= 0.6 is 0 Å². The summed E-state index contributed by atoms with van der Waals surface area (Å²) >= 11 is 0. The minimum atomic E-state index is -0.627. The molecule has 0 spiro atoms. The standard InChI is InChI=1S/C26H18O6/c1-15-19(32-26(28)23-14-17-8-4-6-10-21(17)30-23)12-11-18-24(27)22(31-25(15)18)13-16-7-3-5-9-20(16)29-2/h3-14H,1-2H3/b22-13-. The number of fused-ring (bicyclic) bond motifs is 2. The lowest BCUT2D eigenvalue weighted by Crippen LogP contribution is -2.08. The van der Waals surface area contributed by atoms with Crippen LogP contribution in [-0.4, -0.2) is 18.9 Å². The van der Waals surface area contributed by atoms with E-state index in [-0.39, 0.29) is 17.3 Å². The molecule has 0 saturated heterocycles. The number of benzene rings is 3. The smallest absolute Gasteiger partial charge is 0.379 e. The molecule has 0 unspecified atom stereocenters. The molecular formula is C26H18O6. The lowest BCUT2D eigenvalue weighted by atomic mass is 10.1. The Morgan fingerprint density at radius 2 is 1.75 bits per heavy atom. The average molecular weight is 426 g/mol. The van der Waals surface area contributed by atoms with Crippen molar-refractivity contribution in [3.05, 3.63) is 94.9 Å². The molecule has 2 heterocycles. The van der Waals surface area contributed by atoms with E-state index in [9.17, 15) is 9.59 Å². The van der Waals surface area contributed by atoms with Crippen LogP contribution in [0.3, 0.4) is 0 Å². The normalized spacial score (nSPS) is 13.8. The van der Waals surface area contributed by atoms with Crippen LogP contribution < -0.4 is 14.2 Å². The zero-order valence-electron chi connectivity index (χ0n) is 17.4. The van der Waals surface area contributed by atoms with Crippen LogP contribution in [-0.2, 0) is 0 Å². The van der Waals surface area contributed by atoms with E-state index in [1.54, 1.807) is 50.4 Å². The molecule has 0 bridgehead atoms. The third-order valence-electron chi connectivity index (χ3n) is 5.29. The van der Waals surface area contributed by atoms with Crippen LogP contribution in [0.15, 0.2) is 76.9 Å². The molecule has 0 saturated carbocycles. The van der Waals surface area contributed by atoms with Crippen molar-refractivity contribution in [2.75, 3.05) is 7.11 Å². The quantitative estimate of drug-likeness (QED) is 0.241. The summed E-state index contributed by atoms with van der Waals surface area (Å²) in [5.41, 5.74) is 2.28. The predicted molar refractivity (Wildman–Crippen MR) is 118 cm³/mol. The molecule has 3 aromatic carbocycles. The second-order valence-electron chi connectivity index (χ2n) is 7.29. The monoisotopic (exact) mass is 426 g/mol. The minimum absolute atomic E-state index is 0.0971. The maximum atomic E-state index is 12.9. The molecule has 0 N–H and O–H groups in total. The van der Waals surface area contributed by atoms with E-state index in [2.05, 4.69) is 0 Å². The first-order valence-corrected chi connectivity index (χ1v) is 9.97. The average Bonchev–Trinajstić information content (AvgIpc) is 3.38. The molecule has 0 radical (unpaired) electrons. The van der Waals surface area contributed by atoms with Gasteiger partial charge in [-0.2, -0.15) is 0 Å². The van der Waals surface area contributed by atoms with Crippen LogP contribution in [0.1, 0.15) is 32.0 Å². The number of ether oxygens (including phenoxy) is 3. The summed E-state index contributed by atoms with van der Waals surface area (Å²) in [6.07, 6.45) is 1.64.